The standard InChI is InChI=1S/C33H35NO6/c1-4-8-22-17-23(18-28(39-5-2)32(22)40-19-20-13-15-21(16-14-20)33(37)38)29-30-24(9-6-11-26(30)35)34(3)25-10-7-12-27(36)31(25)29/h4,13-18,29H,1,5-12,19H2,2-3H3,(H,37,38). The van der Waals surface area contributed by atoms with Crippen molar-refractivity contribution in [3.05, 3.63) is 93.8 Å². The van der Waals surface area contributed by atoms with Crippen molar-refractivity contribution in [1.82, 2.24) is 4.90 Å². The number of aromatic carboxylic acids is 1. The number of benzene rings is 2. The molecule has 0 spiro atoms. The Balaban J connectivity index is 1.60. The maximum Gasteiger partial charge on any atom is 0.335 e. The van der Waals surface area contributed by atoms with Gasteiger partial charge in [-0.05, 0) is 68.4 Å². The molecule has 208 valence electrons. The van der Waals surface area contributed by atoms with Crippen LogP contribution in [0.1, 0.15) is 78.4 Å². The molecule has 7 nitrogen and oxygen atoms in total. The van der Waals surface area contributed by atoms with Gasteiger partial charge < -0.3 is 19.5 Å². The molecule has 1 N–H and O–H groups in total. The first-order chi connectivity index (χ1) is 19.3. The first kappa shape index (κ1) is 27.4. The van der Waals surface area contributed by atoms with Crippen molar-refractivity contribution in [3.63, 3.8) is 0 Å². The number of hydrogen-bond donors (Lipinski definition) is 1. The normalized spacial score (nSPS) is 17.5. The molecular weight excluding hydrogens is 506 g/mol. The summed E-state index contributed by atoms with van der Waals surface area (Å²) in [6.45, 7) is 6.47. The Kier molecular flexibility index (Phi) is 7.92. The summed E-state index contributed by atoms with van der Waals surface area (Å²) >= 11 is 0. The Morgan fingerprint density at radius 2 is 1.62 bits per heavy atom. The van der Waals surface area contributed by atoms with Gasteiger partial charge in [-0.25, -0.2) is 4.79 Å². The molecule has 1 aliphatic heterocycles. The van der Waals surface area contributed by atoms with Gasteiger partial charge in [0.2, 0.25) is 0 Å². The van der Waals surface area contributed by atoms with Gasteiger partial charge in [0, 0.05) is 53.9 Å². The maximum absolute atomic E-state index is 13.4. The van der Waals surface area contributed by atoms with Crippen LogP contribution in [0.5, 0.6) is 11.5 Å². The van der Waals surface area contributed by atoms with Crippen LogP contribution < -0.4 is 9.47 Å². The molecule has 0 bridgehead atoms. The zero-order valence-corrected chi connectivity index (χ0v) is 23.1. The molecule has 7 heteroatoms. The SMILES string of the molecule is C=CCc1cc(C2C3=C(CCCC3=O)N(C)C3=C2C(=O)CCC3)cc(OCC)c1OCc1ccc(C(=O)O)cc1. The number of nitrogens with zero attached hydrogens (tertiary/aromatic N) is 1. The predicted molar refractivity (Wildman–Crippen MR) is 152 cm³/mol. The van der Waals surface area contributed by atoms with Gasteiger partial charge in [-0.3, -0.25) is 9.59 Å². The average Bonchev–Trinajstić information content (AvgIpc) is 2.94. The Morgan fingerprint density at radius 3 is 2.17 bits per heavy atom. The predicted octanol–water partition coefficient (Wildman–Crippen LogP) is 6.13. The minimum absolute atomic E-state index is 0.108. The van der Waals surface area contributed by atoms with Crippen LogP contribution in [0.25, 0.3) is 0 Å². The summed E-state index contributed by atoms with van der Waals surface area (Å²) in [4.78, 5) is 40.2. The highest BCUT2D eigenvalue weighted by atomic mass is 16.5. The van der Waals surface area contributed by atoms with E-state index in [0.717, 1.165) is 64.9 Å². The summed E-state index contributed by atoms with van der Waals surface area (Å²) in [5.41, 5.74) is 6.28. The molecule has 0 radical (unpaired) electrons. The third-order valence-electron chi connectivity index (χ3n) is 7.98. The molecule has 1 heterocycles. The van der Waals surface area contributed by atoms with E-state index in [1.165, 1.54) is 0 Å². The van der Waals surface area contributed by atoms with E-state index in [1.807, 2.05) is 26.1 Å². The van der Waals surface area contributed by atoms with Gasteiger partial charge in [-0.2, -0.15) is 0 Å². The van der Waals surface area contributed by atoms with E-state index in [4.69, 9.17) is 9.47 Å². The highest BCUT2D eigenvalue weighted by Crippen LogP contribution is 2.50. The lowest BCUT2D eigenvalue weighted by molar-refractivity contribution is -0.117. The minimum atomic E-state index is -0.978. The number of hydrogen-bond acceptors (Lipinski definition) is 6. The summed E-state index contributed by atoms with van der Waals surface area (Å²) in [5, 5.41) is 9.19. The van der Waals surface area contributed by atoms with Crippen molar-refractivity contribution >= 4 is 17.5 Å². The second-order valence-electron chi connectivity index (χ2n) is 10.5. The Morgan fingerprint density at radius 1 is 1.00 bits per heavy atom. The van der Waals surface area contributed by atoms with E-state index in [1.54, 1.807) is 30.3 Å². The lowest BCUT2D eigenvalue weighted by Crippen LogP contribution is -2.37. The van der Waals surface area contributed by atoms with Crippen LogP contribution in [0, 0.1) is 0 Å². The second kappa shape index (κ2) is 11.5. The average molecular weight is 542 g/mol. The summed E-state index contributed by atoms with van der Waals surface area (Å²) < 4.78 is 12.4. The van der Waals surface area contributed by atoms with Gasteiger partial charge in [0.1, 0.15) is 6.61 Å². The number of carboxylic acids is 1. The quantitative estimate of drug-likeness (QED) is 0.382. The summed E-state index contributed by atoms with van der Waals surface area (Å²) in [7, 11) is 1.99. The van der Waals surface area contributed by atoms with Crippen LogP contribution >= 0.6 is 0 Å². The first-order valence-corrected chi connectivity index (χ1v) is 14.0. The van der Waals surface area contributed by atoms with E-state index < -0.39 is 11.9 Å². The van der Waals surface area contributed by atoms with Crippen LogP contribution in [0.3, 0.4) is 0 Å². The van der Waals surface area contributed by atoms with E-state index in [9.17, 15) is 19.5 Å². The highest BCUT2D eigenvalue weighted by molar-refractivity contribution is 6.06. The van der Waals surface area contributed by atoms with Crippen molar-refractivity contribution in [2.24, 2.45) is 0 Å². The summed E-state index contributed by atoms with van der Waals surface area (Å²) in [6.07, 6.45) is 6.55. The zero-order chi connectivity index (χ0) is 28.4. The third kappa shape index (κ3) is 5.08. The summed E-state index contributed by atoms with van der Waals surface area (Å²) in [6, 6.07) is 10.5. The zero-order valence-electron chi connectivity index (χ0n) is 23.1. The van der Waals surface area contributed by atoms with Crippen LogP contribution in [-0.2, 0) is 22.6 Å². The van der Waals surface area contributed by atoms with Crippen molar-refractivity contribution in [2.45, 2.75) is 64.4 Å². The monoisotopic (exact) mass is 541 g/mol. The van der Waals surface area contributed by atoms with Crippen LogP contribution in [0.2, 0.25) is 0 Å². The van der Waals surface area contributed by atoms with E-state index in [-0.39, 0.29) is 23.7 Å². The van der Waals surface area contributed by atoms with Gasteiger partial charge >= 0.3 is 5.97 Å². The van der Waals surface area contributed by atoms with E-state index in [2.05, 4.69) is 11.5 Å². The van der Waals surface area contributed by atoms with Crippen LogP contribution in [0.4, 0.5) is 0 Å². The molecule has 0 fully saturated rings. The number of ketones is 2. The molecule has 0 unspecified atom stereocenters. The van der Waals surface area contributed by atoms with Gasteiger partial charge in [0.05, 0.1) is 12.2 Å². The maximum atomic E-state index is 13.4. The largest absolute Gasteiger partial charge is 0.490 e. The first-order valence-electron chi connectivity index (χ1n) is 14.0. The number of allylic oxidation sites excluding steroid dienone is 5. The van der Waals surface area contributed by atoms with Crippen LogP contribution in [-0.4, -0.2) is 41.2 Å². The number of Topliss-reactive ketones (excluding diaryl/α,β-unsaturated/α-hetero) is 2. The Labute approximate surface area is 234 Å². The van der Waals surface area contributed by atoms with Crippen molar-refractivity contribution in [3.8, 4) is 11.5 Å². The van der Waals surface area contributed by atoms with Gasteiger partial charge in [0.25, 0.3) is 0 Å². The number of ether oxygens (including phenoxy) is 2. The number of carboxylic acid groups (broad SMARTS) is 1. The fraction of sp³-hybridized carbons (Fsp3) is 0.364. The number of carbonyl (C=O) groups is 3. The highest BCUT2D eigenvalue weighted by Gasteiger charge is 2.42. The topological polar surface area (TPSA) is 93.1 Å². The van der Waals surface area contributed by atoms with E-state index in [0.29, 0.717) is 37.4 Å². The van der Waals surface area contributed by atoms with Gasteiger partial charge in [-0.1, -0.05) is 24.3 Å². The van der Waals surface area contributed by atoms with Crippen molar-refractivity contribution in [1.29, 1.82) is 0 Å². The minimum Gasteiger partial charge on any atom is -0.490 e. The van der Waals surface area contributed by atoms with E-state index >= 15 is 0 Å². The lowest BCUT2D eigenvalue weighted by Gasteiger charge is -2.42. The molecule has 40 heavy (non-hydrogen) atoms. The molecule has 0 saturated carbocycles. The fourth-order valence-corrected chi connectivity index (χ4v) is 6.17. The van der Waals surface area contributed by atoms with Crippen molar-refractivity contribution in [2.75, 3.05) is 13.7 Å². The van der Waals surface area contributed by atoms with Gasteiger partial charge in [0.15, 0.2) is 23.1 Å². The Bertz CT molecular complexity index is 1390. The molecule has 0 amide bonds. The smallest absolute Gasteiger partial charge is 0.335 e. The fourth-order valence-electron chi connectivity index (χ4n) is 6.17. The number of carbonyl (C=O) groups excluding carboxylic acids is 2. The second-order valence-corrected chi connectivity index (χ2v) is 10.5. The summed E-state index contributed by atoms with van der Waals surface area (Å²) in [5.74, 6) is -0.0638. The molecule has 3 aliphatic rings. The molecule has 0 saturated heterocycles. The lowest BCUT2D eigenvalue weighted by atomic mass is 9.71. The van der Waals surface area contributed by atoms with Crippen molar-refractivity contribution < 1.29 is 29.0 Å². The third-order valence-corrected chi connectivity index (χ3v) is 7.98. The molecule has 0 aromatic heterocycles. The number of rotatable bonds is 9. The Hall–Kier alpha value is -4.13. The molecule has 2 aliphatic carbocycles. The molecular formula is C33H35NO6. The van der Waals surface area contributed by atoms with Gasteiger partial charge in [-0.15, -0.1) is 6.58 Å². The molecule has 0 atom stereocenters. The molecule has 5 rings (SSSR count). The molecule has 2 aromatic rings. The molecule has 2 aromatic carbocycles. The van der Waals surface area contributed by atoms with Crippen LogP contribution in [0.15, 0.2) is 71.6 Å².